The Morgan fingerprint density at radius 2 is 2.00 bits per heavy atom. The maximum Gasteiger partial charge on any atom is 0.164 e. The molecule has 1 aromatic rings. The van der Waals surface area contributed by atoms with E-state index in [4.69, 9.17) is 0 Å². The lowest BCUT2D eigenvalue weighted by Gasteiger charge is -2.43. The van der Waals surface area contributed by atoms with Crippen molar-refractivity contribution >= 4 is 17.1 Å². The topological polar surface area (TPSA) is 20.3 Å². The summed E-state index contributed by atoms with van der Waals surface area (Å²) in [6.07, 6.45) is 7.97. The van der Waals surface area contributed by atoms with E-state index in [9.17, 15) is 4.79 Å². The third-order valence-electron chi connectivity index (χ3n) is 5.51. The smallest absolute Gasteiger partial charge is 0.164 e. The van der Waals surface area contributed by atoms with Crippen molar-refractivity contribution in [2.24, 2.45) is 5.41 Å². The normalized spacial score (nSPS) is 21.5. The Kier molecular flexibility index (Phi) is 4.24. The van der Waals surface area contributed by atoms with Crippen LogP contribution >= 0.6 is 11.3 Å². The van der Waals surface area contributed by atoms with E-state index in [1.165, 1.54) is 54.1 Å². The molecule has 3 heteroatoms. The van der Waals surface area contributed by atoms with Crippen molar-refractivity contribution in [2.45, 2.75) is 58.8 Å². The molecule has 2 heterocycles. The van der Waals surface area contributed by atoms with Crippen LogP contribution in [-0.2, 0) is 12.8 Å². The van der Waals surface area contributed by atoms with Crippen LogP contribution in [0.1, 0.15) is 64.7 Å². The Morgan fingerprint density at radius 3 is 2.67 bits per heavy atom. The lowest BCUT2D eigenvalue weighted by Crippen LogP contribution is -2.41. The van der Waals surface area contributed by atoms with E-state index >= 15 is 0 Å². The molecule has 3 rings (SSSR count). The molecular formula is C18H27NOS. The molecule has 1 aliphatic heterocycles. The molecule has 21 heavy (non-hydrogen) atoms. The van der Waals surface area contributed by atoms with Gasteiger partial charge in [-0.2, -0.15) is 0 Å². The number of carbonyl (C=O) groups is 1. The summed E-state index contributed by atoms with van der Waals surface area (Å²) >= 11 is 1.90. The summed E-state index contributed by atoms with van der Waals surface area (Å²) in [5, 5.41) is 0. The first-order valence-electron chi connectivity index (χ1n) is 8.37. The van der Waals surface area contributed by atoms with E-state index in [-0.39, 0.29) is 0 Å². The minimum absolute atomic E-state index is 0.381. The summed E-state index contributed by atoms with van der Waals surface area (Å²) in [5.41, 5.74) is 3.04. The summed E-state index contributed by atoms with van der Waals surface area (Å²) < 4.78 is 0. The quantitative estimate of drug-likeness (QED) is 0.779. The zero-order valence-electron chi connectivity index (χ0n) is 13.6. The number of hydrogen-bond donors (Lipinski definition) is 0. The van der Waals surface area contributed by atoms with Crippen LogP contribution in [0.3, 0.4) is 0 Å². The Bertz CT molecular complexity index is 538. The first kappa shape index (κ1) is 15.2. The zero-order valence-corrected chi connectivity index (χ0v) is 14.4. The highest BCUT2D eigenvalue weighted by Gasteiger charge is 2.39. The van der Waals surface area contributed by atoms with E-state index in [0.717, 1.165) is 18.4 Å². The number of thiophene rings is 1. The van der Waals surface area contributed by atoms with Gasteiger partial charge in [-0.25, -0.2) is 0 Å². The first-order valence-corrected chi connectivity index (χ1v) is 9.19. The van der Waals surface area contributed by atoms with E-state index in [1.807, 2.05) is 11.3 Å². The fourth-order valence-corrected chi connectivity index (χ4v) is 5.53. The average Bonchev–Trinajstić information content (AvgIpc) is 2.77. The largest absolute Gasteiger partial charge is 0.306 e. The van der Waals surface area contributed by atoms with Crippen LogP contribution in [0.15, 0.2) is 0 Å². The second-order valence-electron chi connectivity index (χ2n) is 7.09. The molecule has 0 atom stereocenters. The molecule has 1 aliphatic carbocycles. The number of piperidine rings is 1. The Morgan fingerprint density at radius 1 is 1.29 bits per heavy atom. The summed E-state index contributed by atoms with van der Waals surface area (Å²) in [5.74, 6) is 0.381. The van der Waals surface area contributed by atoms with Crippen molar-refractivity contribution in [3.63, 3.8) is 0 Å². The molecule has 1 spiro atoms. The lowest BCUT2D eigenvalue weighted by molar-refractivity contribution is 0.0972. The standard InChI is InChI=1S/C18H27NOS/c1-4-5-15(20)17-13(2)21-16-12-18(7-6-14(16)17)8-10-19(3)11-9-18/h4-12H2,1-3H3. The van der Waals surface area contributed by atoms with Crippen LogP contribution in [0.2, 0.25) is 0 Å². The maximum absolute atomic E-state index is 12.4. The third kappa shape index (κ3) is 2.83. The molecule has 0 radical (unpaired) electrons. The SMILES string of the molecule is CCCC(=O)c1c(C)sc2c1CCC1(CCN(C)CC1)C2. The molecule has 0 N–H and O–H groups in total. The van der Waals surface area contributed by atoms with Crippen LogP contribution in [0.4, 0.5) is 0 Å². The summed E-state index contributed by atoms with van der Waals surface area (Å²) in [4.78, 5) is 17.7. The molecule has 2 aliphatic rings. The molecule has 0 amide bonds. The number of nitrogens with zero attached hydrogens (tertiary/aromatic N) is 1. The van der Waals surface area contributed by atoms with Gasteiger partial charge in [-0.3, -0.25) is 4.79 Å². The van der Waals surface area contributed by atoms with Gasteiger partial charge in [-0.05, 0) is 76.6 Å². The number of likely N-dealkylation sites (tertiary alicyclic amines) is 1. The van der Waals surface area contributed by atoms with Gasteiger partial charge in [0.15, 0.2) is 5.78 Å². The van der Waals surface area contributed by atoms with E-state index < -0.39 is 0 Å². The third-order valence-corrected chi connectivity index (χ3v) is 6.66. The Balaban J connectivity index is 1.85. The van der Waals surface area contributed by atoms with Gasteiger partial charge in [0.05, 0.1) is 0 Å². The van der Waals surface area contributed by atoms with Gasteiger partial charge >= 0.3 is 0 Å². The molecule has 0 saturated carbocycles. The molecule has 116 valence electrons. The highest BCUT2D eigenvalue weighted by atomic mass is 32.1. The van der Waals surface area contributed by atoms with E-state index in [0.29, 0.717) is 17.6 Å². The van der Waals surface area contributed by atoms with Crippen LogP contribution in [0, 0.1) is 12.3 Å². The van der Waals surface area contributed by atoms with Gasteiger partial charge in [0.2, 0.25) is 0 Å². The zero-order chi connectivity index (χ0) is 15.0. The van der Waals surface area contributed by atoms with Gasteiger partial charge in [0.25, 0.3) is 0 Å². The number of rotatable bonds is 3. The van der Waals surface area contributed by atoms with Gasteiger partial charge in [-0.1, -0.05) is 6.92 Å². The highest BCUT2D eigenvalue weighted by molar-refractivity contribution is 7.12. The molecule has 1 saturated heterocycles. The van der Waals surface area contributed by atoms with E-state index in [1.54, 1.807) is 0 Å². The second kappa shape index (κ2) is 5.85. The number of aryl methyl sites for hydroxylation is 1. The highest BCUT2D eigenvalue weighted by Crippen LogP contribution is 2.47. The predicted octanol–water partition coefficient (Wildman–Crippen LogP) is 4.24. The Labute approximate surface area is 132 Å². The van der Waals surface area contributed by atoms with E-state index in [2.05, 4.69) is 25.8 Å². The van der Waals surface area contributed by atoms with Crippen molar-refractivity contribution in [3.8, 4) is 0 Å². The molecule has 0 bridgehead atoms. The molecule has 1 fully saturated rings. The summed E-state index contributed by atoms with van der Waals surface area (Å²) in [6, 6.07) is 0. The second-order valence-corrected chi connectivity index (χ2v) is 8.40. The number of ketones is 1. The maximum atomic E-state index is 12.4. The molecule has 0 aromatic carbocycles. The lowest BCUT2D eigenvalue weighted by atomic mass is 9.68. The monoisotopic (exact) mass is 305 g/mol. The summed E-state index contributed by atoms with van der Waals surface area (Å²) in [6.45, 7) is 6.72. The van der Waals surface area contributed by atoms with Crippen LogP contribution in [0.25, 0.3) is 0 Å². The van der Waals surface area contributed by atoms with Gasteiger partial charge < -0.3 is 4.90 Å². The minimum Gasteiger partial charge on any atom is -0.306 e. The van der Waals surface area contributed by atoms with Crippen molar-refractivity contribution in [3.05, 3.63) is 20.9 Å². The summed E-state index contributed by atoms with van der Waals surface area (Å²) in [7, 11) is 2.23. The van der Waals surface area contributed by atoms with Gasteiger partial charge in [0, 0.05) is 21.7 Å². The van der Waals surface area contributed by atoms with Crippen LogP contribution in [-0.4, -0.2) is 30.8 Å². The Hall–Kier alpha value is -0.670. The van der Waals surface area contributed by atoms with Gasteiger partial charge in [-0.15, -0.1) is 11.3 Å². The predicted molar refractivity (Wildman–Crippen MR) is 89.5 cm³/mol. The number of fused-ring (bicyclic) bond motifs is 1. The van der Waals surface area contributed by atoms with Crippen molar-refractivity contribution in [2.75, 3.05) is 20.1 Å². The minimum atomic E-state index is 0.381. The van der Waals surface area contributed by atoms with Crippen molar-refractivity contribution in [1.29, 1.82) is 0 Å². The molecule has 1 aromatic heterocycles. The molecular weight excluding hydrogens is 278 g/mol. The fraction of sp³-hybridized carbons (Fsp3) is 0.722. The first-order chi connectivity index (χ1) is 10.0. The fourth-order valence-electron chi connectivity index (χ4n) is 4.11. The number of hydrogen-bond acceptors (Lipinski definition) is 3. The van der Waals surface area contributed by atoms with Crippen LogP contribution < -0.4 is 0 Å². The van der Waals surface area contributed by atoms with Crippen molar-refractivity contribution < 1.29 is 4.79 Å². The number of carbonyl (C=O) groups excluding carboxylic acids is 1. The average molecular weight is 305 g/mol. The molecule has 0 unspecified atom stereocenters. The van der Waals surface area contributed by atoms with Crippen LogP contribution in [0.5, 0.6) is 0 Å². The molecule has 2 nitrogen and oxygen atoms in total. The van der Waals surface area contributed by atoms with Gasteiger partial charge in [0.1, 0.15) is 0 Å². The number of Topliss-reactive ketones (excluding diaryl/α,β-unsaturated/α-hetero) is 1. The van der Waals surface area contributed by atoms with Crippen molar-refractivity contribution in [1.82, 2.24) is 4.90 Å².